The Hall–Kier alpha value is -1.50. The number of carbonyl (C=O) groups excluding carboxylic acids is 1. The van der Waals surface area contributed by atoms with Crippen molar-refractivity contribution in [3.63, 3.8) is 0 Å². The molecule has 0 aliphatic rings. The predicted octanol–water partition coefficient (Wildman–Crippen LogP) is 2.35. The highest BCUT2D eigenvalue weighted by Crippen LogP contribution is 2.15. The molecule has 0 heterocycles. The molecule has 1 amide bonds. The summed E-state index contributed by atoms with van der Waals surface area (Å²) in [5.74, 6) is -0.642. The molecule has 120 valence electrons. The van der Waals surface area contributed by atoms with E-state index in [2.05, 4.69) is 11.9 Å². The molecule has 0 saturated heterocycles. The van der Waals surface area contributed by atoms with Gasteiger partial charge in [-0.2, -0.15) is 0 Å². The lowest BCUT2D eigenvalue weighted by Gasteiger charge is -2.14. The van der Waals surface area contributed by atoms with Gasteiger partial charge in [-0.05, 0) is 17.7 Å². The van der Waals surface area contributed by atoms with Gasteiger partial charge in [-0.25, -0.2) is 4.79 Å². The van der Waals surface area contributed by atoms with Gasteiger partial charge in [0.15, 0.2) is 6.04 Å². The second-order valence-corrected chi connectivity index (χ2v) is 5.83. The molecule has 0 fully saturated rings. The number of hydrogen-bond donors (Lipinski definition) is 2. The van der Waals surface area contributed by atoms with E-state index in [-0.39, 0.29) is 24.9 Å². The maximum Gasteiger partial charge on any atom is 0.328 e. The van der Waals surface area contributed by atoms with Crippen molar-refractivity contribution in [3.8, 4) is 0 Å². The number of benzene rings is 1. The number of nitrogens with one attached hydrogen (secondary N) is 1. The van der Waals surface area contributed by atoms with Crippen LogP contribution in [0.15, 0.2) is 36.9 Å². The molecular formula is C15H18ClNO4S. The lowest BCUT2D eigenvalue weighted by Crippen LogP contribution is -2.44. The lowest BCUT2D eigenvalue weighted by molar-refractivity contribution is -0.143. The number of carboxylic acids is 1. The minimum Gasteiger partial charge on any atom is -0.480 e. The number of carbonyl (C=O) groups is 2. The van der Waals surface area contributed by atoms with Gasteiger partial charge in [-0.3, -0.25) is 4.79 Å². The van der Waals surface area contributed by atoms with Gasteiger partial charge in [0, 0.05) is 10.8 Å². The highest BCUT2D eigenvalue weighted by Gasteiger charge is 2.19. The molecule has 0 radical (unpaired) electrons. The molecule has 1 unspecified atom stereocenters. The van der Waals surface area contributed by atoms with Crippen LogP contribution >= 0.6 is 23.4 Å². The van der Waals surface area contributed by atoms with Crippen molar-refractivity contribution in [3.05, 3.63) is 47.5 Å². The zero-order valence-corrected chi connectivity index (χ0v) is 13.5. The summed E-state index contributed by atoms with van der Waals surface area (Å²) in [5, 5.41) is 12.1. The largest absolute Gasteiger partial charge is 0.480 e. The number of ether oxygens (including phenoxy) is 1. The number of hydrogen-bond acceptors (Lipinski definition) is 4. The Bertz CT molecular complexity index is 507. The van der Waals surface area contributed by atoms with Gasteiger partial charge in [0.2, 0.25) is 5.91 Å². The Balaban J connectivity index is 2.32. The quantitative estimate of drug-likeness (QED) is 0.504. The Labute approximate surface area is 138 Å². The van der Waals surface area contributed by atoms with E-state index in [0.717, 1.165) is 5.56 Å². The van der Waals surface area contributed by atoms with Crippen molar-refractivity contribution in [2.24, 2.45) is 0 Å². The Morgan fingerprint density at radius 2 is 2.09 bits per heavy atom. The van der Waals surface area contributed by atoms with Crippen LogP contribution in [0.4, 0.5) is 0 Å². The summed E-state index contributed by atoms with van der Waals surface area (Å²) in [4.78, 5) is 22.8. The normalized spacial score (nSPS) is 11.7. The second-order valence-electron chi connectivity index (χ2n) is 4.40. The molecule has 1 atom stereocenters. The molecule has 0 spiro atoms. The number of carboxylic acid groups (broad SMARTS) is 1. The minimum atomic E-state index is -1.12. The Morgan fingerprint density at radius 1 is 1.41 bits per heavy atom. The summed E-state index contributed by atoms with van der Waals surface area (Å²) in [6.45, 7) is 3.62. The van der Waals surface area contributed by atoms with Gasteiger partial charge in [0.1, 0.15) is 0 Å². The van der Waals surface area contributed by atoms with Crippen LogP contribution in [0.5, 0.6) is 0 Å². The molecule has 7 heteroatoms. The second kappa shape index (κ2) is 10.3. The molecule has 22 heavy (non-hydrogen) atoms. The predicted molar refractivity (Wildman–Crippen MR) is 88.2 cm³/mol. The maximum atomic E-state index is 11.7. The zero-order chi connectivity index (χ0) is 16.4. The summed E-state index contributed by atoms with van der Waals surface area (Å²) in [6.07, 6.45) is 1.52. The maximum absolute atomic E-state index is 11.7. The Kier molecular flexibility index (Phi) is 8.65. The summed E-state index contributed by atoms with van der Waals surface area (Å²) in [5.41, 5.74) is 1.05. The molecule has 0 aliphatic heterocycles. The number of amides is 1. The van der Waals surface area contributed by atoms with Gasteiger partial charge in [0.25, 0.3) is 0 Å². The van der Waals surface area contributed by atoms with E-state index in [9.17, 15) is 9.59 Å². The topological polar surface area (TPSA) is 75.6 Å². The SMILES string of the molecule is C=CCOCC(NC(=O)CSCc1ccc(Cl)cc1)C(=O)O. The van der Waals surface area contributed by atoms with E-state index in [0.29, 0.717) is 10.8 Å². The van der Waals surface area contributed by atoms with Crippen LogP contribution in [0.3, 0.4) is 0 Å². The zero-order valence-electron chi connectivity index (χ0n) is 12.0. The van der Waals surface area contributed by atoms with E-state index in [4.69, 9.17) is 21.4 Å². The first-order chi connectivity index (χ1) is 10.5. The molecule has 0 aromatic heterocycles. The van der Waals surface area contributed by atoms with E-state index in [1.165, 1.54) is 17.8 Å². The van der Waals surface area contributed by atoms with Gasteiger partial charge in [0.05, 0.1) is 19.0 Å². The fourth-order valence-electron chi connectivity index (χ4n) is 1.52. The van der Waals surface area contributed by atoms with Crippen molar-refractivity contribution >= 4 is 35.2 Å². The van der Waals surface area contributed by atoms with Crippen molar-refractivity contribution in [1.29, 1.82) is 0 Å². The molecule has 5 nitrogen and oxygen atoms in total. The smallest absolute Gasteiger partial charge is 0.328 e. The standard InChI is InChI=1S/C15H18ClNO4S/c1-2-7-21-8-13(15(19)20)17-14(18)10-22-9-11-3-5-12(16)6-4-11/h2-6,13H,1,7-10H2,(H,17,18)(H,19,20). The van der Waals surface area contributed by atoms with Crippen molar-refractivity contribution in [2.75, 3.05) is 19.0 Å². The van der Waals surface area contributed by atoms with Gasteiger partial charge in [-0.15, -0.1) is 18.3 Å². The molecule has 2 N–H and O–H groups in total. The van der Waals surface area contributed by atoms with Crippen molar-refractivity contribution in [2.45, 2.75) is 11.8 Å². The van der Waals surface area contributed by atoms with Gasteiger partial charge >= 0.3 is 5.97 Å². The van der Waals surface area contributed by atoms with Crippen LogP contribution in [0.2, 0.25) is 5.02 Å². The van der Waals surface area contributed by atoms with Crippen LogP contribution in [-0.2, 0) is 20.1 Å². The molecule has 1 aromatic rings. The molecule has 0 bridgehead atoms. The summed E-state index contributed by atoms with van der Waals surface area (Å²) >= 11 is 7.19. The third-order valence-corrected chi connectivity index (χ3v) is 3.82. The number of thioether (sulfide) groups is 1. The Morgan fingerprint density at radius 3 is 2.68 bits per heavy atom. The average molecular weight is 344 g/mol. The molecule has 1 rings (SSSR count). The molecule has 1 aromatic carbocycles. The number of rotatable bonds is 10. The van der Waals surface area contributed by atoms with Crippen molar-refractivity contribution < 1.29 is 19.4 Å². The number of halogens is 1. The first kappa shape index (κ1) is 18.5. The fraction of sp³-hybridized carbons (Fsp3) is 0.333. The van der Waals surface area contributed by atoms with E-state index < -0.39 is 12.0 Å². The van der Waals surface area contributed by atoms with Crippen LogP contribution in [0, 0.1) is 0 Å². The van der Waals surface area contributed by atoms with Crippen LogP contribution in [-0.4, -0.2) is 42.0 Å². The highest BCUT2D eigenvalue weighted by atomic mass is 35.5. The fourth-order valence-corrected chi connectivity index (χ4v) is 2.45. The number of aliphatic carboxylic acids is 1. The first-order valence-corrected chi connectivity index (χ1v) is 8.09. The molecular weight excluding hydrogens is 326 g/mol. The van der Waals surface area contributed by atoms with E-state index >= 15 is 0 Å². The van der Waals surface area contributed by atoms with Crippen LogP contribution in [0.25, 0.3) is 0 Å². The highest BCUT2D eigenvalue weighted by molar-refractivity contribution is 7.99. The monoisotopic (exact) mass is 343 g/mol. The molecule has 0 aliphatic carbocycles. The lowest BCUT2D eigenvalue weighted by atomic mass is 10.2. The average Bonchev–Trinajstić information content (AvgIpc) is 2.48. The third-order valence-electron chi connectivity index (χ3n) is 2.57. The summed E-state index contributed by atoms with van der Waals surface area (Å²) in [7, 11) is 0. The van der Waals surface area contributed by atoms with Crippen molar-refractivity contribution in [1.82, 2.24) is 5.32 Å². The van der Waals surface area contributed by atoms with Gasteiger partial charge in [-0.1, -0.05) is 29.8 Å². The van der Waals surface area contributed by atoms with Crippen LogP contribution in [0.1, 0.15) is 5.56 Å². The summed E-state index contributed by atoms with van der Waals surface area (Å²) < 4.78 is 5.06. The van der Waals surface area contributed by atoms with E-state index in [1.807, 2.05) is 12.1 Å². The third kappa shape index (κ3) is 7.49. The summed E-state index contributed by atoms with van der Waals surface area (Å²) in [6, 6.07) is 6.29. The first-order valence-electron chi connectivity index (χ1n) is 6.56. The van der Waals surface area contributed by atoms with Crippen LogP contribution < -0.4 is 5.32 Å². The minimum absolute atomic E-state index is 0.0883. The van der Waals surface area contributed by atoms with Gasteiger partial charge < -0.3 is 15.2 Å². The van der Waals surface area contributed by atoms with E-state index in [1.54, 1.807) is 12.1 Å². The molecule has 0 saturated carbocycles.